The number of hydrogen-bond donors (Lipinski definition) is 2. The van der Waals surface area contributed by atoms with Gasteiger partial charge in [-0.3, -0.25) is 9.59 Å². The quantitative estimate of drug-likeness (QED) is 0.748. The zero-order valence-corrected chi connectivity index (χ0v) is 17.0. The van der Waals surface area contributed by atoms with Crippen molar-refractivity contribution in [3.05, 3.63) is 65.2 Å². The Hall–Kier alpha value is -2.82. The molecule has 28 heavy (non-hydrogen) atoms. The SMILES string of the molecule is CC[C@H](C)NC(=O)c1ccc(N[C@H]2c3ccccc3C(=O)N2CC(C)C)cc1. The highest BCUT2D eigenvalue weighted by Crippen LogP contribution is 2.34. The van der Waals surface area contributed by atoms with E-state index >= 15 is 0 Å². The molecule has 0 bridgehead atoms. The molecule has 0 saturated carbocycles. The summed E-state index contributed by atoms with van der Waals surface area (Å²) in [6.07, 6.45) is 0.692. The molecule has 0 spiro atoms. The van der Waals surface area contributed by atoms with Crippen molar-refractivity contribution >= 4 is 17.5 Å². The first-order valence-corrected chi connectivity index (χ1v) is 9.98. The summed E-state index contributed by atoms with van der Waals surface area (Å²) < 4.78 is 0. The largest absolute Gasteiger partial charge is 0.361 e. The fourth-order valence-electron chi connectivity index (χ4n) is 3.39. The van der Waals surface area contributed by atoms with Crippen LogP contribution < -0.4 is 10.6 Å². The maximum absolute atomic E-state index is 12.8. The first kappa shape index (κ1) is 19.9. The molecule has 0 radical (unpaired) electrons. The molecule has 2 aromatic carbocycles. The lowest BCUT2D eigenvalue weighted by atomic mass is 10.1. The average Bonchev–Trinajstić information content (AvgIpc) is 2.94. The van der Waals surface area contributed by atoms with E-state index in [1.807, 2.05) is 67.3 Å². The van der Waals surface area contributed by atoms with E-state index in [2.05, 4.69) is 24.5 Å². The molecule has 1 aliphatic heterocycles. The van der Waals surface area contributed by atoms with Gasteiger partial charge in [0.1, 0.15) is 6.17 Å². The number of nitrogens with zero attached hydrogens (tertiary/aromatic N) is 1. The molecular formula is C23H29N3O2. The van der Waals surface area contributed by atoms with E-state index < -0.39 is 0 Å². The van der Waals surface area contributed by atoms with Gasteiger partial charge >= 0.3 is 0 Å². The molecule has 0 aromatic heterocycles. The van der Waals surface area contributed by atoms with E-state index in [1.165, 1.54) is 0 Å². The van der Waals surface area contributed by atoms with Crippen LogP contribution in [0.1, 0.15) is 66.6 Å². The Morgan fingerprint density at radius 3 is 2.39 bits per heavy atom. The monoisotopic (exact) mass is 379 g/mol. The summed E-state index contributed by atoms with van der Waals surface area (Å²) in [4.78, 5) is 27.0. The van der Waals surface area contributed by atoms with Crippen LogP contribution in [0.25, 0.3) is 0 Å². The van der Waals surface area contributed by atoms with Crippen molar-refractivity contribution in [2.24, 2.45) is 5.92 Å². The number of rotatable bonds is 7. The summed E-state index contributed by atoms with van der Waals surface area (Å²) in [5.74, 6) is 0.365. The number of anilines is 1. The molecule has 2 aromatic rings. The van der Waals surface area contributed by atoms with Crippen molar-refractivity contribution in [3.8, 4) is 0 Å². The predicted molar refractivity (Wildman–Crippen MR) is 112 cm³/mol. The van der Waals surface area contributed by atoms with Crippen LogP contribution in [-0.2, 0) is 0 Å². The van der Waals surface area contributed by atoms with Crippen LogP contribution in [-0.4, -0.2) is 29.3 Å². The fourth-order valence-corrected chi connectivity index (χ4v) is 3.39. The third-order valence-corrected chi connectivity index (χ3v) is 5.06. The third kappa shape index (κ3) is 4.19. The van der Waals surface area contributed by atoms with E-state index in [0.29, 0.717) is 18.0 Å². The fraction of sp³-hybridized carbons (Fsp3) is 0.391. The topological polar surface area (TPSA) is 61.4 Å². The molecule has 0 unspecified atom stereocenters. The van der Waals surface area contributed by atoms with Crippen LogP contribution in [0.15, 0.2) is 48.5 Å². The Labute approximate surface area is 167 Å². The minimum atomic E-state index is -0.203. The highest BCUT2D eigenvalue weighted by molar-refractivity contribution is 5.99. The van der Waals surface area contributed by atoms with E-state index in [4.69, 9.17) is 0 Å². The predicted octanol–water partition coefficient (Wildman–Crippen LogP) is 4.44. The number of fused-ring (bicyclic) bond motifs is 1. The molecule has 2 N–H and O–H groups in total. The minimum absolute atomic E-state index is 0.0614. The highest BCUT2D eigenvalue weighted by atomic mass is 16.2. The van der Waals surface area contributed by atoms with Crippen molar-refractivity contribution in [2.75, 3.05) is 11.9 Å². The van der Waals surface area contributed by atoms with Crippen LogP contribution in [0.2, 0.25) is 0 Å². The summed E-state index contributed by atoms with van der Waals surface area (Å²) in [6, 6.07) is 15.3. The van der Waals surface area contributed by atoms with Crippen molar-refractivity contribution in [2.45, 2.75) is 46.3 Å². The van der Waals surface area contributed by atoms with Gasteiger partial charge in [-0.2, -0.15) is 0 Å². The van der Waals surface area contributed by atoms with Crippen LogP contribution >= 0.6 is 0 Å². The molecule has 2 amide bonds. The Kier molecular flexibility index (Phi) is 6.02. The smallest absolute Gasteiger partial charge is 0.256 e. The lowest BCUT2D eigenvalue weighted by Crippen LogP contribution is -2.35. The Bertz CT molecular complexity index is 845. The summed E-state index contributed by atoms with van der Waals surface area (Å²) in [5, 5.41) is 6.45. The summed E-state index contributed by atoms with van der Waals surface area (Å²) in [5.41, 5.74) is 3.26. The Morgan fingerprint density at radius 1 is 1.07 bits per heavy atom. The molecule has 3 rings (SSSR count). The second kappa shape index (κ2) is 8.46. The minimum Gasteiger partial charge on any atom is -0.361 e. The van der Waals surface area contributed by atoms with E-state index in [0.717, 1.165) is 23.2 Å². The van der Waals surface area contributed by atoms with Crippen molar-refractivity contribution in [1.82, 2.24) is 10.2 Å². The zero-order valence-electron chi connectivity index (χ0n) is 17.0. The molecule has 5 heteroatoms. The second-order valence-corrected chi connectivity index (χ2v) is 7.85. The second-order valence-electron chi connectivity index (χ2n) is 7.85. The van der Waals surface area contributed by atoms with E-state index in [9.17, 15) is 9.59 Å². The molecule has 148 valence electrons. The number of carbonyl (C=O) groups is 2. The summed E-state index contributed by atoms with van der Waals surface area (Å²) >= 11 is 0. The number of benzene rings is 2. The standard InChI is InChI=1S/C23H29N3O2/c1-5-16(4)24-22(27)17-10-12-18(13-11-17)25-21-19-8-6-7-9-20(19)23(28)26(21)14-15(2)3/h6-13,15-16,21,25H,5,14H2,1-4H3,(H,24,27)/t16-,21+/m0/s1. The Balaban J connectivity index is 1.79. The van der Waals surface area contributed by atoms with Gasteiger partial charge in [-0.15, -0.1) is 0 Å². The number of carbonyl (C=O) groups excluding carboxylic acids is 2. The normalized spacial score (nSPS) is 16.8. The lowest BCUT2D eigenvalue weighted by Gasteiger charge is -2.28. The molecule has 1 aliphatic rings. The first-order chi connectivity index (χ1) is 13.4. The number of nitrogens with one attached hydrogen (secondary N) is 2. The zero-order chi connectivity index (χ0) is 20.3. The van der Waals surface area contributed by atoms with Crippen LogP contribution in [0.5, 0.6) is 0 Å². The van der Waals surface area contributed by atoms with Crippen molar-refractivity contribution in [1.29, 1.82) is 0 Å². The maximum atomic E-state index is 12.8. The van der Waals surface area contributed by atoms with Gasteiger partial charge in [-0.05, 0) is 49.6 Å². The first-order valence-electron chi connectivity index (χ1n) is 9.98. The van der Waals surface area contributed by atoms with E-state index in [-0.39, 0.29) is 24.0 Å². The number of hydrogen-bond acceptors (Lipinski definition) is 3. The molecule has 0 aliphatic carbocycles. The lowest BCUT2D eigenvalue weighted by molar-refractivity contribution is 0.0720. The molecule has 5 nitrogen and oxygen atoms in total. The van der Waals surface area contributed by atoms with Gasteiger partial charge in [0.05, 0.1) is 0 Å². The van der Waals surface area contributed by atoms with Crippen LogP contribution in [0, 0.1) is 5.92 Å². The van der Waals surface area contributed by atoms with Gasteiger partial charge in [0.15, 0.2) is 0 Å². The van der Waals surface area contributed by atoms with Gasteiger partial charge in [-0.25, -0.2) is 0 Å². The maximum Gasteiger partial charge on any atom is 0.256 e. The van der Waals surface area contributed by atoms with Gasteiger partial charge in [0.25, 0.3) is 11.8 Å². The average molecular weight is 380 g/mol. The molecular weight excluding hydrogens is 350 g/mol. The molecule has 0 fully saturated rings. The van der Waals surface area contributed by atoms with Crippen LogP contribution in [0.3, 0.4) is 0 Å². The summed E-state index contributed by atoms with van der Waals surface area (Å²) in [7, 11) is 0. The van der Waals surface area contributed by atoms with Gasteiger partial charge in [-0.1, -0.05) is 39.0 Å². The molecule has 0 saturated heterocycles. The van der Waals surface area contributed by atoms with Crippen molar-refractivity contribution < 1.29 is 9.59 Å². The molecule has 1 heterocycles. The van der Waals surface area contributed by atoms with Gasteiger partial charge in [0.2, 0.25) is 0 Å². The van der Waals surface area contributed by atoms with Gasteiger partial charge in [0, 0.05) is 35.0 Å². The van der Waals surface area contributed by atoms with Crippen molar-refractivity contribution in [3.63, 3.8) is 0 Å². The summed E-state index contributed by atoms with van der Waals surface area (Å²) in [6.45, 7) is 8.93. The van der Waals surface area contributed by atoms with E-state index in [1.54, 1.807) is 0 Å². The molecule has 2 atom stereocenters. The Morgan fingerprint density at radius 2 is 1.75 bits per heavy atom. The number of amides is 2. The van der Waals surface area contributed by atoms with Gasteiger partial charge < -0.3 is 15.5 Å². The third-order valence-electron chi connectivity index (χ3n) is 5.06. The van der Waals surface area contributed by atoms with Crippen LogP contribution in [0.4, 0.5) is 5.69 Å². The highest BCUT2D eigenvalue weighted by Gasteiger charge is 2.36.